The van der Waals surface area contributed by atoms with Crippen LogP contribution in [0.15, 0.2) is 33.4 Å². The number of carbonyl (C=O) groups is 2. The van der Waals surface area contributed by atoms with Crippen molar-refractivity contribution in [3.8, 4) is 5.75 Å². The normalized spacial score (nSPS) is 12.2. The van der Waals surface area contributed by atoms with E-state index in [1.165, 1.54) is 32.0 Å². The summed E-state index contributed by atoms with van der Waals surface area (Å²) < 4.78 is 32.1. The first-order valence-electron chi connectivity index (χ1n) is 8.19. The van der Waals surface area contributed by atoms with Crippen LogP contribution < -0.4 is 20.1 Å². The summed E-state index contributed by atoms with van der Waals surface area (Å²) >= 11 is 8.18. The monoisotopic (exact) mass is 477 g/mol. The number of thiophene rings is 1. The molecule has 1 heterocycles. The number of halogens is 1. The quantitative estimate of drug-likeness (QED) is 0.527. The number of hydrogen-bond donors (Lipinski definition) is 3. The largest absolute Gasteiger partial charge is 0.496 e. The predicted molar refractivity (Wildman–Crippen MR) is 115 cm³/mol. The molecule has 29 heavy (non-hydrogen) atoms. The van der Waals surface area contributed by atoms with Gasteiger partial charge < -0.3 is 15.4 Å². The second-order valence-corrected chi connectivity index (χ2v) is 9.97. The van der Waals surface area contributed by atoms with Gasteiger partial charge in [-0.05, 0) is 37.4 Å². The van der Waals surface area contributed by atoms with Crippen molar-refractivity contribution in [1.82, 2.24) is 15.4 Å². The molecule has 2 rings (SSSR count). The highest BCUT2D eigenvalue weighted by Gasteiger charge is 2.26. The number of sulfonamides is 1. The SMILES string of the molecule is CNC(=O)NS(=O)(=O)c1sc(C(C)NC(=O)c2cc(Cl)ccc2OC)cc1SC. The van der Waals surface area contributed by atoms with Gasteiger partial charge in [-0.1, -0.05) is 11.6 Å². The zero-order valence-electron chi connectivity index (χ0n) is 16.0. The van der Waals surface area contributed by atoms with Gasteiger partial charge in [0, 0.05) is 21.8 Å². The minimum absolute atomic E-state index is 0.00466. The Balaban J connectivity index is 2.29. The number of urea groups is 1. The number of amides is 3. The summed E-state index contributed by atoms with van der Waals surface area (Å²) in [6, 6.07) is 5.05. The molecule has 158 valence electrons. The number of rotatable bonds is 7. The zero-order chi connectivity index (χ0) is 21.8. The van der Waals surface area contributed by atoms with E-state index in [1.807, 2.05) is 4.72 Å². The summed E-state index contributed by atoms with van der Waals surface area (Å²) in [7, 11) is -1.27. The maximum atomic E-state index is 12.7. The third kappa shape index (κ3) is 5.56. The molecule has 0 aliphatic heterocycles. The van der Waals surface area contributed by atoms with E-state index in [2.05, 4.69) is 10.6 Å². The van der Waals surface area contributed by atoms with Crippen LogP contribution in [0.2, 0.25) is 5.02 Å². The van der Waals surface area contributed by atoms with E-state index in [4.69, 9.17) is 16.3 Å². The fourth-order valence-electron chi connectivity index (χ4n) is 2.34. The number of methoxy groups -OCH3 is 1. The smallest absolute Gasteiger partial charge is 0.328 e. The van der Waals surface area contributed by atoms with Crippen molar-refractivity contribution in [2.75, 3.05) is 20.4 Å². The molecule has 1 atom stereocenters. The van der Waals surface area contributed by atoms with Crippen LogP contribution in [0.4, 0.5) is 4.79 Å². The lowest BCUT2D eigenvalue weighted by Gasteiger charge is -2.14. The first kappa shape index (κ1) is 23.3. The van der Waals surface area contributed by atoms with Gasteiger partial charge in [0.05, 0.1) is 18.7 Å². The van der Waals surface area contributed by atoms with Crippen molar-refractivity contribution in [3.05, 3.63) is 39.7 Å². The van der Waals surface area contributed by atoms with Gasteiger partial charge in [0.1, 0.15) is 5.75 Å². The molecule has 0 aliphatic carbocycles. The Morgan fingerprint density at radius 1 is 1.28 bits per heavy atom. The highest BCUT2D eigenvalue weighted by molar-refractivity contribution is 8.00. The van der Waals surface area contributed by atoms with Gasteiger partial charge in [0.2, 0.25) is 0 Å². The molecule has 3 N–H and O–H groups in total. The van der Waals surface area contributed by atoms with Crippen LogP contribution in [0, 0.1) is 0 Å². The Hall–Kier alpha value is -1.95. The molecule has 8 nitrogen and oxygen atoms in total. The second kappa shape index (κ2) is 9.70. The van der Waals surface area contributed by atoms with E-state index in [1.54, 1.807) is 31.4 Å². The average Bonchev–Trinajstić information content (AvgIpc) is 3.13. The highest BCUT2D eigenvalue weighted by atomic mass is 35.5. The summed E-state index contributed by atoms with van der Waals surface area (Å²) in [4.78, 5) is 25.2. The highest BCUT2D eigenvalue weighted by Crippen LogP contribution is 2.36. The summed E-state index contributed by atoms with van der Waals surface area (Å²) in [6.45, 7) is 1.73. The van der Waals surface area contributed by atoms with Crippen molar-refractivity contribution >= 4 is 56.7 Å². The Bertz CT molecular complexity index is 1020. The molecule has 0 saturated carbocycles. The van der Waals surface area contributed by atoms with Crippen molar-refractivity contribution in [1.29, 1.82) is 0 Å². The average molecular weight is 478 g/mol. The Kier molecular flexibility index (Phi) is 7.80. The van der Waals surface area contributed by atoms with Gasteiger partial charge in [-0.15, -0.1) is 23.1 Å². The van der Waals surface area contributed by atoms with E-state index in [0.717, 1.165) is 11.3 Å². The third-order valence-electron chi connectivity index (χ3n) is 3.78. The number of benzene rings is 1. The maximum absolute atomic E-state index is 12.7. The molecular formula is C17H20ClN3O5S3. The zero-order valence-corrected chi connectivity index (χ0v) is 19.2. The van der Waals surface area contributed by atoms with Crippen LogP contribution in [0.25, 0.3) is 0 Å². The molecule has 2 aromatic rings. The van der Waals surface area contributed by atoms with Crippen LogP contribution in [-0.2, 0) is 10.0 Å². The fraction of sp³-hybridized carbons (Fsp3) is 0.294. The lowest BCUT2D eigenvalue weighted by atomic mass is 10.1. The minimum Gasteiger partial charge on any atom is -0.496 e. The first-order chi connectivity index (χ1) is 13.6. The summed E-state index contributed by atoms with van der Waals surface area (Å²) in [6.07, 6.45) is 1.73. The molecule has 0 bridgehead atoms. The topological polar surface area (TPSA) is 114 Å². The number of carbonyl (C=O) groups excluding carboxylic acids is 2. The van der Waals surface area contributed by atoms with Gasteiger partial charge in [-0.3, -0.25) is 4.79 Å². The van der Waals surface area contributed by atoms with Crippen LogP contribution >= 0.6 is 34.7 Å². The lowest BCUT2D eigenvalue weighted by molar-refractivity contribution is 0.0937. The Morgan fingerprint density at radius 3 is 2.55 bits per heavy atom. The molecular weight excluding hydrogens is 458 g/mol. The van der Waals surface area contributed by atoms with Crippen LogP contribution in [0.5, 0.6) is 5.75 Å². The standard InChI is InChI=1S/C17H20ClN3O5S3/c1-9(20-15(22)11-7-10(18)5-6-12(11)26-3)13-8-14(27-4)16(28-13)29(24,25)21-17(23)19-2/h5-9H,1-4H3,(H,20,22)(H2,19,21,23). The molecule has 0 saturated heterocycles. The van der Waals surface area contributed by atoms with Gasteiger partial charge in [-0.25, -0.2) is 17.9 Å². The molecule has 3 amide bonds. The second-order valence-electron chi connectivity index (χ2n) is 5.73. The van der Waals surface area contributed by atoms with Crippen molar-refractivity contribution in [2.24, 2.45) is 0 Å². The first-order valence-corrected chi connectivity index (χ1v) is 12.1. The van der Waals surface area contributed by atoms with E-state index in [0.29, 0.717) is 20.5 Å². The molecule has 0 fully saturated rings. The Labute approximate surface area is 182 Å². The molecule has 0 radical (unpaired) electrons. The summed E-state index contributed by atoms with van der Waals surface area (Å²) in [5.41, 5.74) is 0.266. The van der Waals surface area contributed by atoms with Crippen molar-refractivity contribution < 1.29 is 22.7 Å². The number of nitrogens with one attached hydrogen (secondary N) is 3. The predicted octanol–water partition coefficient (Wildman–Crippen LogP) is 3.24. The van der Waals surface area contributed by atoms with E-state index in [-0.39, 0.29) is 9.77 Å². The van der Waals surface area contributed by atoms with Gasteiger partial charge in [-0.2, -0.15) is 0 Å². The summed E-state index contributed by atoms with van der Waals surface area (Å²) in [5.74, 6) is -0.0445. The van der Waals surface area contributed by atoms with Crippen molar-refractivity contribution in [3.63, 3.8) is 0 Å². The molecule has 1 unspecified atom stereocenters. The third-order valence-corrected chi connectivity index (χ3v) is 8.22. The van der Waals surface area contributed by atoms with E-state index < -0.39 is 28.0 Å². The minimum atomic E-state index is -4.04. The molecule has 0 spiro atoms. The Morgan fingerprint density at radius 2 is 1.97 bits per heavy atom. The van der Waals surface area contributed by atoms with Gasteiger partial charge in [0.25, 0.3) is 15.9 Å². The van der Waals surface area contributed by atoms with Crippen LogP contribution in [0.3, 0.4) is 0 Å². The lowest BCUT2D eigenvalue weighted by Crippen LogP contribution is -2.37. The van der Waals surface area contributed by atoms with Gasteiger partial charge in [0.15, 0.2) is 4.21 Å². The number of hydrogen-bond acceptors (Lipinski definition) is 7. The number of ether oxygens (including phenoxy) is 1. The molecule has 1 aromatic carbocycles. The van der Waals surface area contributed by atoms with Crippen LogP contribution in [0.1, 0.15) is 28.2 Å². The van der Waals surface area contributed by atoms with Crippen LogP contribution in [-0.4, -0.2) is 40.8 Å². The van der Waals surface area contributed by atoms with E-state index >= 15 is 0 Å². The van der Waals surface area contributed by atoms with Crippen molar-refractivity contribution in [2.45, 2.75) is 22.1 Å². The molecule has 1 aromatic heterocycles. The summed E-state index contributed by atoms with van der Waals surface area (Å²) in [5, 5.41) is 5.41. The fourth-order valence-corrected chi connectivity index (χ4v) is 6.35. The van der Waals surface area contributed by atoms with Gasteiger partial charge >= 0.3 is 6.03 Å². The molecule has 0 aliphatic rings. The van der Waals surface area contributed by atoms with E-state index in [9.17, 15) is 18.0 Å². The molecule has 12 heteroatoms. The maximum Gasteiger partial charge on any atom is 0.328 e. The number of thioether (sulfide) groups is 1.